The van der Waals surface area contributed by atoms with Gasteiger partial charge >= 0.3 is 5.97 Å². The van der Waals surface area contributed by atoms with Gasteiger partial charge in [-0.1, -0.05) is 25.1 Å². The zero-order valence-corrected chi connectivity index (χ0v) is 16.8. The number of esters is 1. The molecule has 2 aromatic carbocycles. The molecule has 156 valence electrons. The third kappa shape index (κ3) is 4.32. The van der Waals surface area contributed by atoms with Gasteiger partial charge < -0.3 is 14.8 Å². The lowest BCUT2D eigenvalue weighted by Gasteiger charge is -2.16. The summed E-state index contributed by atoms with van der Waals surface area (Å²) >= 11 is 0. The number of rotatable bonds is 8. The van der Waals surface area contributed by atoms with Gasteiger partial charge in [0.1, 0.15) is 11.3 Å². The van der Waals surface area contributed by atoms with Gasteiger partial charge in [-0.25, -0.2) is 4.79 Å². The Morgan fingerprint density at radius 3 is 2.30 bits per heavy atom. The maximum Gasteiger partial charge on any atom is 0.342 e. The van der Waals surface area contributed by atoms with E-state index in [1.165, 1.54) is 13.2 Å². The predicted molar refractivity (Wildman–Crippen MR) is 107 cm³/mol. The molecule has 0 bridgehead atoms. The van der Waals surface area contributed by atoms with Gasteiger partial charge in [-0.15, -0.1) is 0 Å². The molecule has 0 fully saturated rings. The van der Waals surface area contributed by atoms with E-state index >= 15 is 0 Å². The summed E-state index contributed by atoms with van der Waals surface area (Å²) in [5.41, 5.74) is 1.37. The van der Waals surface area contributed by atoms with Crippen LogP contribution < -0.4 is 10.1 Å². The van der Waals surface area contributed by atoms with Crippen LogP contribution in [0.3, 0.4) is 0 Å². The molecule has 0 saturated heterocycles. The van der Waals surface area contributed by atoms with E-state index in [1.807, 2.05) is 6.92 Å². The Labute approximate surface area is 173 Å². The standard InChI is InChI=1S/C22H22N2O6/c1-3-10-23-19(25)13-30-22(28)17-11-14(8-9-18(17)29-2)12-24-20(26)15-6-4-5-7-16(15)21(24)27/h4-9,11H,3,10,12-13H2,1-2H3,(H,23,25). The van der Waals surface area contributed by atoms with E-state index < -0.39 is 18.5 Å². The largest absolute Gasteiger partial charge is 0.496 e. The molecule has 0 radical (unpaired) electrons. The number of nitrogens with zero attached hydrogens (tertiary/aromatic N) is 1. The van der Waals surface area contributed by atoms with Gasteiger partial charge in [0.2, 0.25) is 0 Å². The molecule has 0 aromatic heterocycles. The number of ether oxygens (including phenoxy) is 2. The maximum absolute atomic E-state index is 12.6. The predicted octanol–water partition coefficient (Wildman–Crippen LogP) is 2.17. The van der Waals surface area contributed by atoms with Gasteiger partial charge in [-0.05, 0) is 36.2 Å². The third-order valence-corrected chi connectivity index (χ3v) is 4.61. The summed E-state index contributed by atoms with van der Waals surface area (Å²) in [6.07, 6.45) is 0.771. The lowest BCUT2D eigenvalue weighted by molar-refractivity contribution is -0.124. The number of carbonyl (C=O) groups excluding carboxylic acids is 4. The van der Waals surface area contributed by atoms with Gasteiger partial charge in [-0.2, -0.15) is 0 Å². The summed E-state index contributed by atoms with van der Waals surface area (Å²) < 4.78 is 10.3. The molecule has 2 aromatic rings. The van der Waals surface area contributed by atoms with E-state index in [0.717, 1.165) is 11.3 Å². The smallest absolute Gasteiger partial charge is 0.342 e. The summed E-state index contributed by atoms with van der Waals surface area (Å²) in [7, 11) is 1.41. The lowest BCUT2D eigenvalue weighted by Crippen LogP contribution is -2.30. The minimum absolute atomic E-state index is 0.00634. The molecule has 1 aliphatic heterocycles. The van der Waals surface area contributed by atoms with Gasteiger partial charge in [0.15, 0.2) is 6.61 Å². The van der Waals surface area contributed by atoms with Crippen molar-refractivity contribution in [1.82, 2.24) is 10.2 Å². The summed E-state index contributed by atoms with van der Waals surface area (Å²) in [6, 6.07) is 11.3. The van der Waals surface area contributed by atoms with Crippen molar-refractivity contribution in [2.45, 2.75) is 19.9 Å². The fourth-order valence-electron chi connectivity index (χ4n) is 3.10. The first-order chi connectivity index (χ1) is 14.5. The fourth-order valence-corrected chi connectivity index (χ4v) is 3.10. The second kappa shape index (κ2) is 9.21. The van der Waals surface area contributed by atoms with E-state index in [0.29, 0.717) is 23.2 Å². The van der Waals surface area contributed by atoms with Gasteiger partial charge in [0, 0.05) is 6.54 Å². The monoisotopic (exact) mass is 410 g/mol. The van der Waals surface area contributed by atoms with E-state index in [2.05, 4.69) is 5.32 Å². The van der Waals surface area contributed by atoms with E-state index in [-0.39, 0.29) is 29.7 Å². The van der Waals surface area contributed by atoms with Crippen molar-refractivity contribution in [3.05, 3.63) is 64.7 Å². The van der Waals surface area contributed by atoms with Crippen molar-refractivity contribution >= 4 is 23.7 Å². The number of hydrogen-bond donors (Lipinski definition) is 1. The Bertz CT molecular complexity index is 966. The molecule has 3 rings (SSSR count). The Balaban J connectivity index is 1.75. The van der Waals surface area contributed by atoms with Crippen LogP contribution in [-0.4, -0.2) is 48.9 Å². The molecule has 0 saturated carbocycles. The number of nitrogens with one attached hydrogen (secondary N) is 1. The second-order valence-corrected chi connectivity index (χ2v) is 6.70. The van der Waals surface area contributed by atoms with Crippen LogP contribution in [0.15, 0.2) is 42.5 Å². The molecule has 3 amide bonds. The summed E-state index contributed by atoms with van der Waals surface area (Å²) in [6.45, 7) is 1.99. The van der Waals surface area contributed by atoms with Crippen LogP contribution in [0.4, 0.5) is 0 Å². The van der Waals surface area contributed by atoms with Gasteiger partial charge in [0.25, 0.3) is 17.7 Å². The number of amides is 3. The summed E-state index contributed by atoms with van der Waals surface area (Å²) in [5.74, 6) is -1.64. The number of imide groups is 1. The molecule has 30 heavy (non-hydrogen) atoms. The summed E-state index contributed by atoms with van der Waals surface area (Å²) in [5, 5.41) is 2.62. The third-order valence-electron chi connectivity index (χ3n) is 4.61. The molecule has 0 unspecified atom stereocenters. The maximum atomic E-state index is 12.6. The molecule has 0 aliphatic carbocycles. The molecule has 0 atom stereocenters. The summed E-state index contributed by atoms with van der Waals surface area (Å²) in [4.78, 5) is 50.4. The van der Waals surface area contributed by atoms with Crippen LogP contribution in [0.1, 0.15) is 50.0 Å². The second-order valence-electron chi connectivity index (χ2n) is 6.70. The van der Waals surface area contributed by atoms with E-state index in [4.69, 9.17) is 9.47 Å². The molecule has 8 nitrogen and oxygen atoms in total. The van der Waals surface area contributed by atoms with Crippen LogP contribution in [-0.2, 0) is 16.1 Å². The Kier molecular flexibility index (Phi) is 6.46. The molecule has 8 heteroatoms. The minimum atomic E-state index is -0.734. The number of hydrogen-bond acceptors (Lipinski definition) is 6. The Hall–Kier alpha value is -3.68. The normalized spacial score (nSPS) is 12.5. The first-order valence-corrected chi connectivity index (χ1v) is 9.52. The zero-order valence-electron chi connectivity index (χ0n) is 16.8. The van der Waals surface area contributed by atoms with Crippen LogP contribution in [0.2, 0.25) is 0 Å². The highest BCUT2D eigenvalue weighted by Crippen LogP contribution is 2.26. The zero-order chi connectivity index (χ0) is 21.7. The molecule has 1 heterocycles. The van der Waals surface area contributed by atoms with Crippen molar-refractivity contribution in [3.8, 4) is 5.75 Å². The van der Waals surface area contributed by atoms with Crippen LogP contribution in [0, 0.1) is 0 Å². The highest BCUT2D eigenvalue weighted by atomic mass is 16.5. The number of methoxy groups -OCH3 is 1. The molecular weight excluding hydrogens is 388 g/mol. The SMILES string of the molecule is CCCNC(=O)COC(=O)c1cc(CN2C(=O)c3ccccc3C2=O)ccc1OC. The van der Waals surface area contributed by atoms with Gasteiger partial charge in [-0.3, -0.25) is 19.3 Å². The fraction of sp³-hybridized carbons (Fsp3) is 0.273. The van der Waals surface area contributed by atoms with Crippen molar-refractivity contribution in [2.75, 3.05) is 20.3 Å². The average Bonchev–Trinajstić information content (AvgIpc) is 3.01. The average molecular weight is 410 g/mol. The van der Waals surface area contributed by atoms with Crippen molar-refractivity contribution in [3.63, 3.8) is 0 Å². The van der Waals surface area contributed by atoms with Crippen molar-refractivity contribution < 1.29 is 28.7 Å². The quantitative estimate of drug-likeness (QED) is 0.529. The van der Waals surface area contributed by atoms with E-state index in [1.54, 1.807) is 36.4 Å². The van der Waals surface area contributed by atoms with Crippen molar-refractivity contribution in [1.29, 1.82) is 0 Å². The number of fused-ring (bicyclic) bond motifs is 1. The molecule has 1 N–H and O–H groups in total. The van der Waals surface area contributed by atoms with Crippen LogP contribution >= 0.6 is 0 Å². The van der Waals surface area contributed by atoms with E-state index in [9.17, 15) is 19.2 Å². The first kappa shape index (κ1) is 21.0. The Morgan fingerprint density at radius 1 is 1.03 bits per heavy atom. The minimum Gasteiger partial charge on any atom is -0.496 e. The topological polar surface area (TPSA) is 102 Å². The van der Waals surface area contributed by atoms with Crippen LogP contribution in [0.25, 0.3) is 0 Å². The highest BCUT2D eigenvalue weighted by molar-refractivity contribution is 6.21. The Morgan fingerprint density at radius 2 is 1.70 bits per heavy atom. The van der Waals surface area contributed by atoms with Crippen molar-refractivity contribution in [2.24, 2.45) is 0 Å². The number of carbonyl (C=O) groups is 4. The molecule has 1 aliphatic rings. The molecule has 0 spiro atoms. The first-order valence-electron chi connectivity index (χ1n) is 9.52. The number of benzene rings is 2. The van der Waals surface area contributed by atoms with Crippen LogP contribution in [0.5, 0.6) is 5.75 Å². The lowest BCUT2D eigenvalue weighted by atomic mass is 10.1. The highest BCUT2D eigenvalue weighted by Gasteiger charge is 2.35. The molecular formula is C22H22N2O6. The van der Waals surface area contributed by atoms with Gasteiger partial charge in [0.05, 0.1) is 24.8 Å².